The number of sulfonamides is 1. The number of nitrogens with zero attached hydrogens (tertiary/aromatic N) is 3. The predicted molar refractivity (Wildman–Crippen MR) is 182 cm³/mol. The number of nitrogens with one attached hydrogen (secondary N) is 1. The topological polar surface area (TPSA) is 110 Å². The number of likely N-dealkylation sites (tertiary alicyclic amines) is 1. The smallest absolute Gasteiger partial charge is 0.338 e. The van der Waals surface area contributed by atoms with Crippen LogP contribution in [0.4, 0.5) is 21.5 Å². The molecule has 1 aliphatic heterocycles. The molecule has 2 heterocycles. The Morgan fingerprint density at radius 1 is 1.02 bits per heavy atom. The molecule has 248 valence electrons. The molecule has 0 radical (unpaired) electrons. The van der Waals surface area contributed by atoms with Gasteiger partial charge in [-0.05, 0) is 74.2 Å². The third-order valence-electron chi connectivity index (χ3n) is 8.89. The van der Waals surface area contributed by atoms with Crippen molar-refractivity contribution >= 4 is 59.9 Å². The number of methoxy groups -OCH3 is 2. The molecule has 3 aromatic carbocycles. The van der Waals surface area contributed by atoms with Crippen molar-refractivity contribution < 1.29 is 31.8 Å². The van der Waals surface area contributed by atoms with Crippen LogP contribution in [0.1, 0.15) is 42.5 Å². The number of ether oxygens (including phenoxy) is 3. The van der Waals surface area contributed by atoms with Gasteiger partial charge in [0, 0.05) is 42.4 Å². The van der Waals surface area contributed by atoms with Gasteiger partial charge in [0.05, 0.1) is 48.3 Å². The number of aromatic nitrogens is 1. The predicted octanol–water partition coefficient (Wildman–Crippen LogP) is 6.90. The summed E-state index contributed by atoms with van der Waals surface area (Å²) in [6, 6.07) is 14.8. The Balaban J connectivity index is 1.39. The lowest BCUT2D eigenvalue weighted by atomic mass is 9.90. The number of hydrogen-bond donors (Lipinski definition) is 1. The first-order chi connectivity index (χ1) is 22.6. The zero-order valence-electron chi connectivity index (χ0n) is 26.3. The molecule has 0 amide bonds. The Bertz CT molecular complexity index is 1900. The first-order valence-corrected chi connectivity index (χ1v) is 17.6. The van der Waals surface area contributed by atoms with Crippen LogP contribution in [0.3, 0.4) is 0 Å². The van der Waals surface area contributed by atoms with Crippen LogP contribution in [0.2, 0.25) is 0 Å². The summed E-state index contributed by atoms with van der Waals surface area (Å²) in [6.07, 6.45) is 6.61. The number of hydrogen-bond acceptors (Lipinski definition) is 9. The molecule has 1 saturated heterocycles. The summed E-state index contributed by atoms with van der Waals surface area (Å²) in [7, 11) is -0.0874. The highest BCUT2D eigenvalue weighted by Gasteiger charge is 2.31. The van der Waals surface area contributed by atoms with Gasteiger partial charge in [-0.15, -0.1) is 0 Å². The van der Waals surface area contributed by atoms with E-state index in [2.05, 4.69) is 31.1 Å². The van der Waals surface area contributed by atoms with E-state index < -0.39 is 21.8 Å². The number of piperidine rings is 1. The van der Waals surface area contributed by atoms with Gasteiger partial charge in [0.25, 0.3) is 10.0 Å². The van der Waals surface area contributed by atoms with Gasteiger partial charge in [-0.3, -0.25) is 9.29 Å². The Hall–Kier alpha value is -3.94. The highest BCUT2D eigenvalue weighted by Crippen LogP contribution is 2.38. The van der Waals surface area contributed by atoms with Gasteiger partial charge in [-0.25, -0.2) is 17.6 Å². The summed E-state index contributed by atoms with van der Waals surface area (Å²) >= 11 is 3.30. The van der Waals surface area contributed by atoms with Gasteiger partial charge in [-0.1, -0.05) is 22.4 Å². The molecule has 13 heteroatoms. The highest BCUT2D eigenvalue weighted by molar-refractivity contribution is 9.10. The van der Waals surface area contributed by atoms with Gasteiger partial charge in [0.15, 0.2) is 0 Å². The maximum absolute atomic E-state index is 15.7. The van der Waals surface area contributed by atoms with Crippen molar-refractivity contribution in [2.45, 2.75) is 49.1 Å². The van der Waals surface area contributed by atoms with Gasteiger partial charge < -0.3 is 24.4 Å². The summed E-state index contributed by atoms with van der Waals surface area (Å²) in [5, 5.41) is 3.09. The average Bonchev–Trinajstić information content (AvgIpc) is 3.03. The van der Waals surface area contributed by atoms with Crippen molar-refractivity contribution in [3.8, 4) is 11.5 Å². The van der Waals surface area contributed by atoms with Crippen molar-refractivity contribution in [2.24, 2.45) is 0 Å². The van der Waals surface area contributed by atoms with E-state index in [1.54, 1.807) is 42.5 Å². The number of fused-ring (bicyclic) bond motifs is 1. The summed E-state index contributed by atoms with van der Waals surface area (Å²) < 4.78 is 62.2. The summed E-state index contributed by atoms with van der Waals surface area (Å²) in [6.45, 7) is 1.88. The minimum absolute atomic E-state index is 0.0355. The second kappa shape index (κ2) is 13.7. The molecule has 10 nitrogen and oxygen atoms in total. The first kappa shape index (κ1) is 33.0. The second-order valence-electron chi connectivity index (χ2n) is 11.8. The fourth-order valence-electron chi connectivity index (χ4n) is 6.05. The molecule has 47 heavy (non-hydrogen) atoms. The van der Waals surface area contributed by atoms with Crippen LogP contribution >= 0.6 is 15.9 Å². The molecule has 1 aromatic heterocycles. The number of esters is 1. The van der Waals surface area contributed by atoms with E-state index in [4.69, 9.17) is 14.2 Å². The summed E-state index contributed by atoms with van der Waals surface area (Å²) in [4.78, 5) is 19.3. The fraction of sp³-hybridized carbons (Fsp3) is 0.353. The number of carbonyl (C=O) groups excluding carboxylic acids is 1. The Morgan fingerprint density at radius 2 is 1.74 bits per heavy atom. The number of halogens is 2. The largest absolute Gasteiger partial charge is 0.497 e. The lowest BCUT2D eigenvalue weighted by Gasteiger charge is -2.41. The van der Waals surface area contributed by atoms with E-state index in [0.717, 1.165) is 30.2 Å². The van der Waals surface area contributed by atoms with Crippen LogP contribution in [0, 0.1) is 5.82 Å². The molecule has 0 atom stereocenters. The maximum atomic E-state index is 15.7. The molecule has 0 spiro atoms. The average molecular weight is 728 g/mol. The molecule has 0 bridgehead atoms. The molecule has 0 unspecified atom stereocenters. The first-order valence-electron chi connectivity index (χ1n) is 15.4. The number of carbonyl (C=O) groups is 1. The van der Waals surface area contributed by atoms with Crippen LogP contribution in [0.5, 0.6) is 11.5 Å². The zero-order valence-corrected chi connectivity index (χ0v) is 28.7. The van der Waals surface area contributed by atoms with Crippen molar-refractivity contribution in [3.05, 3.63) is 76.6 Å². The molecule has 6 rings (SSSR count). The van der Waals surface area contributed by atoms with Gasteiger partial charge in [0.2, 0.25) is 0 Å². The number of pyridine rings is 1. The number of anilines is 3. The van der Waals surface area contributed by atoms with Gasteiger partial charge in [0.1, 0.15) is 28.3 Å². The molecule has 4 aromatic rings. The molecular formula is C34H36BrFN4O6S. The van der Waals surface area contributed by atoms with Crippen molar-refractivity contribution in [2.75, 3.05) is 44.0 Å². The third kappa shape index (κ3) is 6.88. The molecule has 1 aliphatic carbocycles. The van der Waals surface area contributed by atoms with E-state index in [1.807, 2.05) is 0 Å². The molecular weight excluding hydrogens is 691 g/mol. The number of rotatable bonds is 10. The molecule has 1 saturated carbocycles. The molecule has 2 aliphatic rings. The van der Waals surface area contributed by atoms with Crippen molar-refractivity contribution in [1.82, 2.24) is 9.88 Å². The van der Waals surface area contributed by atoms with E-state index >= 15 is 4.39 Å². The van der Waals surface area contributed by atoms with E-state index in [9.17, 15) is 13.2 Å². The van der Waals surface area contributed by atoms with Crippen molar-refractivity contribution in [3.63, 3.8) is 0 Å². The zero-order chi connectivity index (χ0) is 33.3. The lowest BCUT2D eigenvalue weighted by Crippen LogP contribution is -2.46. The quantitative estimate of drug-likeness (QED) is 0.175. The fourth-order valence-corrected chi connectivity index (χ4v) is 7.75. The van der Waals surface area contributed by atoms with Crippen molar-refractivity contribution in [1.29, 1.82) is 0 Å². The monoisotopic (exact) mass is 726 g/mol. The summed E-state index contributed by atoms with van der Waals surface area (Å²) in [5.41, 5.74) is 1.06. The maximum Gasteiger partial charge on any atom is 0.338 e. The Kier molecular flexibility index (Phi) is 9.58. The lowest BCUT2D eigenvalue weighted by molar-refractivity contribution is 0.0490. The van der Waals surface area contributed by atoms with E-state index in [0.29, 0.717) is 33.4 Å². The van der Waals surface area contributed by atoms with E-state index in [-0.39, 0.29) is 33.2 Å². The SMILES string of the molecule is COC(=O)c1cc(Nc2c(S(=O)(=O)N(C)c3ccc(OC)cc3)cnc3cc(Br)cc(F)c23)cc(OC2CCN(C3CCC3)CC2)c1. The van der Waals surface area contributed by atoms with Crippen LogP contribution in [-0.2, 0) is 14.8 Å². The van der Waals surface area contributed by atoms with Crippen LogP contribution in [-0.4, -0.2) is 70.8 Å². The molecule has 1 N–H and O–H groups in total. The van der Waals surface area contributed by atoms with E-state index in [1.165, 1.54) is 58.9 Å². The second-order valence-corrected chi connectivity index (χ2v) is 14.6. The van der Waals surface area contributed by atoms with Crippen LogP contribution < -0.4 is 19.1 Å². The molecule has 2 fully saturated rings. The van der Waals surface area contributed by atoms with Gasteiger partial charge >= 0.3 is 5.97 Å². The number of benzene rings is 3. The van der Waals surface area contributed by atoms with Crippen LogP contribution in [0.15, 0.2) is 70.2 Å². The third-order valence-corrected chi connectivity index (χ3v) is 11.1. The Labute approximate surface area is 282 Å². The minimum Gasteiger partial charge on any atom is -0.497 e. The normalized spacial score (nSPS) is 16.0. The highest BCUT2D eigenvalue weighted by atomic mass is 79.9. The van der Waals surface area contributed by atoms with Crippen LogP contribution in [0.25, 0.3) is 10.9 Å². The standard InChI is InChI=1S/C34H36BrFN4O6S/c1-39(24-7-9-26(44-2)10-8-24)47(42,43)31-20-37-30-18-22(35)17-29(36)32(30)33(31)38-23-15-21(34(41)45-3)16-28(19-23)46-27-11-13-40(14-12-27)25-5-4-6-25/h7-10,15-20,25,27H,4-6,11-14H2,1-3H3,(H,37,38). The van der Waals surface area contributed by atoms with Gasteiger partial charge in [-0.2, -0.15) is 0 Å². The minimum atomic E-state index is -4.29. The summed E-state index contributed by atoms with van der Waals surface area (Å²) in [5.74, 6) is -0.305. The Morgan fingerprint density at radius 3 is 2.38 bits per heavy atom.